The van der Waals surface area contributed by atoms with Gasteiger partial charge in [-0.25, -0.2) is 0 Å². The zero-order chi connectivity index (χ0) is 12.8. The highest BCUT2D eigenvalue weighted by Crippen LogP contribution is 2.23. The summed E-state index contributed by atoms with van der Waals surface area (Å²) >= 11 is 0. The van der Waals surface area contributed by atoms with Gasteiger partial charge >= 0.3 is 0 Å². The van der Waals surface area contributed by atoms with E-state index in [2.05, 4.69) is 10.6 Å². The lowest BCUT2D eigenvalue weighted by atomic mass is 10.0. The largest absolute Gasteiger partial charge is 0.354 e. The standard InChI is InChI=1S/C12H23N3O2.ClH/c1-8(2)11(16)14-6-7-15-12(17)9-4-3-5-10(9)13;/h8-10H,3-7,13H2,1-2H3,(H,14,16)(H,15,17);1H. The first kappa shape index (κ1) is 17.2. The third-order valence-corrected chi connectivity index (χ3v) is 3.15. The molecule has 1 rings (SSSR count). The average Bonchev–Trinajstić information content (AvgIpc) is 2.70. The molecule has 106 valence electrons. The van der Waals surface area contributed by atoms with Crippen molar-refractivity contribution in [2.45, 2.75) is 39.2 Å². The van der Waals surface area contributed by atoms with Crippen LogP contribution in [0, 0.1) is 11.8 Å². The van der Waals surface area contributed by atoms with Gasteiger partial charge in [0.05, 0.1) is 5.92 Å². The third-order valence-electron chi connectivity index (χ3n) is 3.15. The molecule has 0 heterocycles. The van der Waals surface area contributed by atoms with Crippen LogP contribution in [0.1, 0.15) is 33.1 Å². The van der Waals surface area contributed by atoms with E-state index in [9.17, 15) is 9.59 Å². The number of nitrogens with one attached hydrogen (secondary N) is 2. The molecule has 18 heavy (non-hydrogen) atoms. The van der Waals surface area contributed by atoms with Crippen molar-refractivity contribution >= 4 is 24.2 Å². The van der Waals surface area contributed by atoms with E-state index in [1.54, 1.807) is 0 Å². The number of hydrogen-bond acceptors (Lipinski definition) is 3. The van der Waals surface area contributed by atoms with Gasteiger partial charge in [0.25, 0.3) is 0 Å². The summed E-state index contributed by atoms with van der Waals surface area (Å²) in [5.41, 5.74) is 5.84. The van der Waals surface area contributed by atoms with E-state index in [4.69, 9.17) is 5.73 Å². The first-order valence-electron chi connectivity index (χ1n) is 6.33. The van der Waals surface area contributed by atoms with Gasteiger partial charge in [-0.3, -0.25) is 9.59 Å². The van der Waals surface area contributed by atoms with Gasteiger partial charge in [-0.05, 0) is 12.8 Å². The summed E-state index contributed by atoms with van der Waals surface area (Å²) in [6.45, 7) is 4.63. The fourth-order valence-corrected chi connectivity index (χ4v) is 2.02. The Morgan fingerprint density at radius 2 is 1.83 bits per heavy atom. The Kier molecular flexibility index (Phi) is 7.95. The number of nitrogens with two attached hydrogens (primary N) is 1. The van der Waals surface area contributed by atoms with Gasteiger partial charge in [0, 0.05) is 25.0 Å². The predicted molar refractivity (Wildman–Crippen MR) is 73.4 cm³/mol. The lowest BCUT2D eigenvalue weighted by molar-refractivity contribution is -0.126. The van der Waals surface area contributed by atoms with E-state index in [-0.39, 0.29) is 42.1 Å². The predicted octanol–water partition coefficient (Wildman–Crippen LogP) is 0.424. The van der Waals surface area contributed by atoms with Crippen molar-refractivity contribution in [3.8, 4) is 0 Å². The summed E-state index contributed by atoms with van der Waals surface area (Å²) in [5.74, 6) is -0.0321. The molecule has 0 saturated heterocycles. The SMILES string of the molecule is CC(C)C(=O)NCCNC(=O)C1CCCC1N.Cl. The Labute approximate surface area is 115 Å². The van der Waals surface area contributed by atoms with Crippen LogP contribution in [0.15, 0.2) is 0 Å². The zero-order valence-corrected chi connectivity index (χ0v) is 11.9. The van der Waals surface area contributed by atoms with Gasteiger partial charge in [-0.1, -0.05) is 20.3 Å². The highest BCUT2D eigenvalue weighted by atomic mass is 35.5. The second-order valence-electron chi connectivity index (χ2n) is 4.94. The van der Waals surface area contributed by atoms with Gasteiger partial charge in [-0.2, -0.15) is 0 Å². The van der Waals surface area contributed by atoms with Crippen molar-refractivity contribution in [3.05, 3.63) is 0 Å². The fourth-order valence-electron chi connectivity index (χ4n) is 2.02. The lowest BCUT2D eigenvalue weighted by Crippen LogP contribution is -2.42. The number of rotatable bonds is 5. The van der Waals surface area contributed by atoms with Crippen LogP contribution in [0.4, 0.5) is 0 Å². The van der Waals surface area contributed by atoms with Crippen LogP contribution in [0.2, 0.25) is 0 Å². The van der Waals surface area contributed by atoms with E-state index in [0.29, 0.717) is 13.1 Å². The molecular weight excluding hydrogens is 254 g/mol. The quantitative estimate of drug-likeness (QED) is 0.637. The van der Waals surface area contributed by atoms with Crippen molar-refractivity contribution in [2.75, 3.05) is 13.1 Å². The second-order valence-corrected chi connectivity index (χ2v) is 4.94. The Bertz CT molecular complexity index is 284. The Balaban J connectivity index is 0.00000289. The Morgan fingerprint density at radius 1 is 1.22 bits per heavy atom. The smallest absolute Gasteiger partial charge is 0.224 e. The number of hydrogen-bond donors (Lipinski definition) is 3. The average molecular weight is 278 g/mol. The van der Waals surface area contributed by atoms with Gasteiger partial charge in [0.1, 0.15) is 0 Å². The van der Waals surface area contributed by atoms with Crippen LogP contribution in [0.5, 0.6) is 0 Å². The second kappa shape index (κ2) is 8.32. The van der Waals surface area contributed by atoms with Crippen LogP contribution >= 0.6 is 12.4 Å². The molecule has 0 bridgehead atoms. The van der Waals surface area contributed by atoms with Gasteiger partial charge in [0.15, 0.2) is 0 Å². The van der Waals surface area contributed by atoms with Crippen LogP contribution in [-0.2, 0) is 9.59 Å². The number of amides is 2. The lowest BCUT2D eigenvalue weighted by Gasteiger charge is -2.15. The summed E-state index contributed by atoms with van der Waals surface area (Å²) < 4.78 is 0. The van der Waals surface area contributed by atoms with Crippen molar-refractivity contribution in [3.63, 3.8) is 0 Å². The minimum absolute atomic E-state index is 0. The third kappa shape index (κ3) is 5.23. The number of halogens is 1. The minimum atomic E-state index is -0.0456. The molecule has 2 amide bonds. The molecule has 6 heteroatoms. The molecular formula is C12H24ClN3O2. The van der Waals surface area contributed by atoms with Crippen LogP contribution in [-0.4, -0.2) is 30.9 Å². The topological polar surface area (TPSA) is 84.2 Å². The van der Waals surface area contributed by atoms with Crippen molar-refractivity contribution in [1.29, 1.82) is 0 Å². The molecule has 0 aromatic heterocycles. The summed E-state index contributed by atoms with van der Waals surface area (Å²) in [6, 6.07) is 0.000236. The van der Waals surface area contributed by atoms with E-state index in [1.807, 2.05) is 13.8 Å². The maximum atomic E-state index is 11.7. The first-order valence-corrected chi connectivity index (χ1v) is 6.33. The molecule has 1 fully saturated rings. The Hall–Kier alpha value is -0.810. The van der Waals surface area contributed by atoms with Crippen molar-refractivity contribution in [1.82, 2.24) is 10.6 Å². The molecule has 2 unspecified atom stereocenters. The van der Waals surface area contributed by atoms with E-state index in [1.165, 1.54) is 0 Å². The van der Waals surface area contributed by atoms with Crippen LogP contribution < -0.4 is 16.4 Å². The monoisotopic (exact) mass is 277 g/mol. The van der Waals surface area contributed by atoms with Crippen LogP contribution in [0.25, 0.3) is 0 Å². The molecule has 0 radical (unpaired) electrons. The van der Waals surface area contributed by atoms with E-state index in [0.717, 1.165) is 19.3 Å². The highest BCUT2D eigenvalue weighted by Gasteiger charge is 2.29. The molecule has 0 spiro atoms. The van der Waals surface area contributed by atoms with Gasteiger partial charge < -0.3 is 16.4 Å². The summed E-state index contributed by atoms with van der Waals surface area (Å²) in [5, 5.41) is 5.57. The molecule has 2 atom stereocenters. The molecule has 0 aromatic rings. The highest BCUT2D eigenvalue weighted by molar-refractivity contribution is 5.85. The molecule has 5 nitrogen and oxygen atoms in total. The summed E-state index contributed by atoms with van der Waals surface area (Å²) in [7, 11) is 0. The van der Waals surface area contributed by atoms with Gasteiger partial charge in [-0.15, -0.1) is 12.4 Å². The summed E-state index contributed by atoms with van der Waals surface area (Å²) in [6.07, 6.45) is 2.84. The van der Waals surface area contributed by atoms with Crippen molar-refractivity contribution in [2.24, 2.45) is 17.6 Å². The molecule has 1 saturated carbocycles. The zero-order valence-electron chi connectivity index (χ0n) is 11.1. The molecule has 0 aliphatic heterocycles. The van der Waals surface area contributed by atoms with Crippen LogP contribution in [0.3, 0.4) is 0 Å². The van der Waals surface area contributed by atoms with Gasteiger partial charge in [0.2, 0.25) is 11.8 Å². The minimum Gasteiger partial charge on any atom is -0.354 e. The molecule has 1 aliphatic carbocycles. The van der Waals surface area contributed by atoms with Crippen molar-refractivity contribution < 1.29 is 9.59 Å². The van der Waals surface area contributed by atoms with E-state index >= 15 is 0 Å². The Morgan fingerprint density at radius 3 is 2.33 bits per heavy atom. The first-order chi connectivity index (χ1) is 8.02. The number of carbonyl (C=O) groups is 2. The molecule has 0 aromatic carbocycles. The maximum absolute atomic E-state index is 11.7. The fraction of sp³-hybridized carbons (Fsp3) is 0.833. The normalized spacial score (nSPS) is 22.4. The number of carbonyl (C=O) groups excluding carboxylic acids is 2. The molecule has 4 N–H and O–H groups in total. The maximum Gasteiger partial charge on any atom is 0.224 e. The van der Waals surface area contributed by atoms with E-state index < -0.39 is 0 Å². The summed E-state index contributed by atoms with van der Waals surface area (Å²) in [4.78, 5) is 23.0. The molecule has 1 aliphatic rings.